The normalized spacial score (nSPS) is 22.8. The molecule has 0 aliphatic carbocycles. The van der Waals surface area contributed by atoms with Crippen molar-refractivity contribution in [2.24, 2.45) is 5.73 Å². The average molecular weight is 247 g/mol. The highest BCUT2D eigenvalue weighted by molar-refractivity contribution is 5.79. The van der Waals surface area contributed by atoms with E-state index in [4.69, 9.17) is 5.73 Å². The molecule has 0 radical (unpaired) electrons. The Morgan fingerprint density at radius 3 is 3.06 bits per heavy atom. The smallest absolute Gasteiger partial charge is 0.227 e. The van der Waals surface area contributed by atoms with Gasteiger partial charge in [0.2, 0.25) is 5.91 Å². The summed E-state index contributed by atoms with van der Waals surface area (Å²) in [5.41, 5.74) is 6.84. The van der Waals surface area contributed by atoms with Gasteiger partial charge in [0.05, 0.1) is 6.42 Å². The molecule has 0 saturated carbocycles. The minimum Gasteiger partial charge on any atom is -0.336 e. The molecule has 2 N–H and O–H groups in total. The Bertz CT molecular complexity index is 416. The molecule has 0 bridgehead atoms. The molecule has 1 aliphatic rings. The molecule has 1 aliphatic heterocycles. The predicted octanol–water partition coefficient (Wildman–Crippen LogP) is 1.35. The van der Waals surface area contributed by atoms with Crippen LogP contribution in [0.15, 0.2) is 24.5 Å². The quantitative estimate of drug-likeness (QED) is 0.858. The monoisotopic (exact) mass is 247 g/mol. The van der Waals surface area contributed by atoms with Crippen molar-refractivity contribution in [1.82, 2.24) is 9.88 Å². The van der Waals surface area contributed by atoms with E-state index in [-0.39, 0.29) is 17.5 Å². The van der Waals surface area contributed by atoms with Crippen LogP contribution in [-0.4, -0.2) is 33.9 Å². The number of rotatable bonds is 2. The summed E-state index contributed by atoms with van der Waals surface area (Å²) in [6.45, 7) is 4.88. The molecule has 1 saturated heterocycles. The molecular weight excluding hydrogens is 226 g/mol. The average Bonchev–Trinajstić information content (AvgIpc) is 2.33. The maximum atomic E-state index is 12.4. The SMILES string of the molecule is CC1(C)CCC(N)CN1C(=O)Cc1cccnc1. The summed E-state index contributed by atoms with van der Waals surface area (Å²) in [4.78, 5) is 18.3. The standard InChI is InChI=1S/C14H21N3O/c1-14(2)6-5-12(15)10-17(14)13(18)8-11-4-3-7-16-9-11/h3-4,7,9,12H,5-6,8,10,15H2,1-2H3. The van der Waals surface area contributed by atoms with E-state index in [0.29, 0.717) is 13.0 Å². The van der Waals surface area contributed by atoms with Gasteiger partial charge in [0.25, 0.3) is 0 Å². The zero-order chi connectivity index (χ0) is 13.2. The Kier molecular flexibility index (Phi) is 3.66. The van der Waals surface area contributed by atoms with Gasteiger partial charge in [0, 0.05) is 30.5 Å². The van der Waals surface area contributed by atoms with Gasteiger partial charge in [-0.05, 0) is 38.3 Å². The Morgan fingerprint density at radius 1 is 1.61 bits per heavy atom. The Hall–Kier alpha value is -1.42. The highest BCUT2D eigenvalue weighted by atomic mass is 16.2. The van der Waals surface area contributed by atoms with Crippen LogP contribution in [0.4, 0.5) is 0 Å². The van der Waals surface area contributed by atoms with Crippen molar-refractivity contribution >= 4 is 5.91 Å². The minimum atomic E-state index is -0.0881. The molecular formula is C14H21N3O. The van der Waals surface area contributed by atoms with Gasteiger partial charge in [-0.1, -0.05) is 6.07 Å². The fourth-order valence-corrected chi connectivity index (χ4v) is 2.46. The third-order valence-corrected chi connectivity index (χ3v) is 3.65. The molecule has 1 aromatic heterocycles. The lowest BCUT2D eigenvalue weighted by atomic mass is 9.88. The van der Waals surface area contributed by atoms with Crippen LogP contribution < -0.4 is 5.73 Å². The molecule has 1 aromatic rings. The molecule has 1 fully saturated rings. The maximum absolute atomic E-state index is 12.4. The van der Waals surface area contributed by atoms with Gasteiger partial charge in [0.1, 0.15) is 0 Å². The van der Waals surface area contributed by atoms with Crippen LogP contribution in [0.1, 0.15) is 32.3 Å². The Morgan fingerprint density at radius 2 is 2.39 bits per heavy atom. The van der Waals surface area contributed by atoms with Crippen LogP contribution in [0, 0.1) is 0 Å². The second-order valence-corrected chi connectivity index (χ2v) is 5.65. The number of amides is 1. The van der Waals surface area contributed by atoms with Gasteiger partial charge >= 0.3 is 0 Å². The molecule has 4 nitrogen and oxygen atoms in total. The summed E-state index contributed by atoms with van der Waals surface area (Å²) in [6.07, 6.45) is 5.82. The fraction of sp³-hybridized carbons (Fsp3) is 0.571. The molecule has 0 aromatic carbocycles. The zero-order valence-corrected chi connectivity index (χ0v) is 11.1. The lowest BCUT2D eigenvalue weighted by molar-refractivity contribution is -0.138. The molecule has 1 unspecified atom stereocenters. The Balaban J connectivity index is 2.07. The first kappa shape index (κ1) is 13.0. The first-order valence-electron chi connectivity index (χ1n) is 6.44. The van der Waals surface area contributed by atoms with Gasteiger partial charge < -0.3 is 10.6 Å². The molecule has 98 valence electrons. The van der Waals surface area contributed by atoms with Crippen LogP contribution in [0.5, 0.6) is 0 Å². The van der Waals surface area contributed by atoms with Gasteiger partial charge in [-0.25, -0.2) is 0 Å². The van der Waals surface area contributed by atoms with E-state index in [2.05, 4.69) is 18.8 Å². The van der Waals surface area contributed by atoms with Gasteiger partial charge in [-0.2, -0.15) is 0 Å². The van der Waals surface area contributed by atoms with E-state index in [1.54, 1.807) is 12.4 Å². The molecule has 0 spiro atoms. The van der Waals surface area contributed by atoms with Crippen molar-refractivity contribution in [3.8, 4) is 0 Å². The first-order chi connectivity index (χ1) is 8.49. The number of aromatic nitrogens is 1. The lowest BCUT2D eigenvalue weighted by Crippen LogP contribution is -2.57. The fourth-order valence-electron chi connectivity index (χ4n) is 2.46. The number of nitrogens with zero attached hydrogens (tertiary/aromatic N) is 2. The number of carbonyl (C=O) groups excluding carboxylic acids is 1. The molecule has 2 rings (SSSR count). The number of likely N-dealkylation sites (tertiary alicyclic amines) is 1. The van der Waals surface area contributed by atoms with Crippen molar-refractivity contribution < 1.29 is 4.79 Å². The maximum Gasteiger partial charge on any atom is 0.227 e. The van der Waals surface area contributed by atoms with Crippen molar-refractivity contribution in [2.75, 3.05) is 6.54 Å². The van der Waals surface area contributed by atoms with E-state index in [1.165, 1.54) is 0 Å². The number of carbonyl (C=O) groups is 1. The summed E-state index contributed by atoms with van der Waals surface area (Å²) in [5.74, 6) is 0.142. The number of piperidine rings is 1. The number of hydrogen-bond donors (Lipinski definition) is 1. The van der Waals surface area contributed by atoms with E-state index >= 15 is 0 Å². The molecule has 1 atom stereocenters. The van der Waals surface area contributed by atoms with E-state index in [9.17, 15) is 4.79 Å². The molecule has 18 heavy (non-hydrogen) atoms. The zero-order valence-electron chi connectivity index (χ0n) is 11.1. The van der Waals surface area contributed by atoms with Crippen LogP contribution >= 0.6 is 0 Å². The van der Waals surface area contributed by atoms with Gasteiger partial charge in [0.15, 0.2) is 0 Å². The van der Waals surface area contributed by atoms with Gasteiger partial charge in [-0.3, -0.25) is 9.78 Å². The second-order valence-electron chi connectivity index (χ2n) is 5.65. The number of pyridine rings is 1. The Labute approximate surface area is 108 Å². The van der Waals surface area contributed by atoms with E-state index in [0.717, 1.165) is 18.4 Å². The summed E-state index contributed by atoms with van der Waals surface area (Å²) < 4.78 is 0. The third kappa shape index (κ3) is 2.88. The van der Waals surface area contributed by atoms with E-state index in [1.807, 2.05) is 17.0 Å². The topological polar surface area (TPSA) is 59.2 Å². The third-order valence-electron chi connectivity index (χ3n) is 3.65. The number of hydrogen-bond acceptors (Lipinski definition) is 3. The van der Waals surface area contributed by atoms with Crippen LogP contribution in [0.2, 0.25) is 0 Å². The van der Waals surface area contributed by atoms with Crippen LogP contribution in [0.3, 0.4) is 0 Å². The summed E-state index contributed by atoms with van der Waals surface area (Å²) >= 11 is 0. The van der Waals surface area contributed by atoms with Crippen LogP contribution in [-0.2, 0) is 11.2 Å². The predicted molar refractivity (Wildman–Crippen MR) is 70.9 cm³/mol. The van der Waals surface area contributed by atoms with Gasteiger partial charge in [-0.15, -0.1) is 0 Å². The van der Waals surface area contributed by atoms with Crippen molar-refractivity contribution in [3.63, 3.8) is 0 Å². The van der Waals surface area contributed by atoms with Crippen molar-refractivity contribution in [1.29, 1.82) is 0 Å². The molecule has 4 heteroatoms. The lowest BCUT2D eigenvalue weighted by Gasteiger charge is -2.44. The van der Waals surface area contributed by atoms with Crippen LogP contribution in [0.25, 0.3) is 0 Å². The van der Waals surface area contributed by atoms with E-state index < -0.39 is 0 Å². The summed E-state index contributed by atoms with van der Waals surface area (Å²) in [7, 11) is 0. The largest absolute Gasteiger partial charge is 0.336 e. The molecule has 2 heterocycles. The van der Waals surface area contributed by atoms with Crippen molar-refractivity contribution in [2.45, 2.75) is 44.7 Å². The van der Waals surface area contributed by atoms with Crippen molar-refractivity contribution in [3.05, 3.63) is 30.1 Å². The highest BCUT2D eigenvalue weighted by Crippen LogP contribution is 2.27. The summed E-state index contributed by atoms with van der Waals surface area (Å²) in [6, 6.07) is 3.90. The highest BCUT2D eigenvalue weighted by Gasteiger charge is 2.35. The minimum absolute atomic E-state index is 0.0881. The summed E-state index contributed by atoms with van der Waals surface area (Å²) in [5, 5.41) is 0. The molecule has 1 amide bonds. The first-order valence-corrected chi connectivity index (χ1v) is 6.44. The number of nitrogens with two attached hydrogens (primary N) is 1. The second kappa shape index (κ2) is 5.06.